The number of carbonyl (C=O) groups excluding carboxylic acids is 1. The number of aliphatic hydroxyl groups excluding tert-OH is 1. The number of hydrogen-bond acceptors (Lipinski definition) is 5. The molecule has 3 rings (SSSR count). The van der Waals surface area contributed by atoms with Crippen molar-refractivity contribution < 1.29 is 15.0 Å². The molecule has 2 aromatic rings. The van der Waals surface area contributed by atoms with Gasteiger partial charge in [-0.2, -0.15) is 0 Å². The van der Waals surface area contributed by atoms with Gasteiger partial charge in [0.05, 0.1) is 12.3 Å². The minimum absolute atomic E-state index is 0.0286. The largest absolute Gasteiger partial charge is 0.508 e. The third-order valence-corrected chi connectivity index (χ3v) is 5.04. The van der Waals surface area contributed by atoms with Crippen LogP contribution < -0.4 is 10.6 Å². The monoisotopic (exact) mass is 340 g/mol. The van der Waals surface area contributed by atoms with Gasteiger partial charge in [-0.15, -0.1) is 0 Å². The van der Waals surface area contributed by atoms with E-state index in [1.54, 1.807) is 6.07 Å². The second-order valence-corrected chi connectivity index (χ2v) is 6.49. The lowest BCUT2D eigenvalue weighted by molar-refractivity contribution is 0.112. The van der Waals surface area contributed by atoms with Crippen LogP contribution >= 0.6 is 0 Å². The van der Waals surface area contributed by atoms with Crippen LogP contribution in [0.2, 0.25) is 0 Å². The Bertz CT molecular complexity index is 753. The molecule has 0 aromatic heterocycles. The van der Waals surface area contributed by atoms with E-state index in [4.69, 9.17) is 5.73 Å². The third kappa shape index (κ3) is 3.52. The Kier molecular flexibility index (Phi) is 5.36. The fourth-order valence-electron chi connectivity index (χ4n) is 3.68. The highest BCUT2D eigenvalue weighted by Gasteiger charge is 2.25. The number of anilines is 1. The Morgan fingerprint density at radius 1 is 1.20 bits per heavy atom. The Balaban J connectivity index is 1.81. The van der Waals surface area contributed by atoms with E-state index in [0.29, 0.717) is 29.3 Å². The SMILES string of the molecule is NCc1cccc(C2CCN(c3c(C=O)ccc(O)c3CO)CC2)c1. The Morgan fingerprint density at radius 2 is 1.96 bits per heavy atom. The number of phenols is 1. The summed E-state index contributed by atoms with van der Waals surface area (Å²) in [6, 6.07) is 11.5. The molecule has 1 heterocycles. The first-order chi connectivity index (χ1) is 12.2. The third-order valence-electron chi connectivity index (χ3n) is 5.04. The number of piperidine rings is 1. The lowest BCUT2D eigenvalue weighted by atomic mass is 9.88. The molecule has 0 amide bonds. The average Bonchev–Trinajstić information content (AvgIpc) is 2.68. The highest BCUT2D eigenvalue weighted by atomic mass is 16.3. The van der Waals surface area contributed by atoms with Gasteiger partial charge >= 0.3 is 0 Å². The molecule has 0 radical (unpaired) electrons. The maximum atomic E-state index is 11.4. The predicted molar refractivity (Wildman–Crippen MR) is 97.9 cm³/mol. The number of aliphatic hydroxyl groups is 1. The van der Waals surface area contributed by atoms with Crippen molar-refractivity contribution >= 4 is 12.0 Å². The molecule has 1 aliphatic rings. The molecule has 5 nitrogen and oxygen atoms in total. The van der Waals surface area contributed by atoms with Gasteiger partial charge in [-0.25, -0.2) is 0 Å². The van der Waals surface area contributed by atoms with Crippen LogP contribution in [0.4, 0.5) is 5.69 Å². The normalized spacial score (nSPS) is 15.4. The van der Waals surface area contributed by atoms with Crippen molar-refractivity contribution in [3.05, 3.63) is 58.7 Å². The van der Waals surface area contributed by atoms with E-state index in [2.05, 4.69) is 17.0 Å². The summed E-state index contributed by atoms with van der Waals surface area (Å²) in [6.45, 7) is 1.80. The van der Waals surface area contributed by atoms with Crippen LogP contribution in [0.3, 0.4) is 0 Å². The smallest absolute Gasteiger partial charge is 0.152 e. The Hall–Kier alpha value is -2.37. The average molecular weight is 340 g/mol. The zero-order chi connectivity index (χ0) is 17.8. The summed E-state index contributed by atoms with van der Waals surface area (Å²) in [5.41, 5.74) is 9.76. The van der Waals surface area contributed by atoms with Gasteiger partial charge in [0.25, 0.3) is 0 Å². The van der Waals surface area contributed by atoms with Crippen molar-refractivity contribution in [2.75, 3.05) is 18.0 Å². The summed E-state index contributed by atoms with van der Waals surface area (Å²) in [5, 5.41) is 19.6. The van der Waals surface area contributed by atoms with Gasteiger partial charge in [-0.05, 0) is 42.0 Å². The molecule has 4 N–H and O–H groups in total. The Labute approximate surface area is 147 Å². The molecule has 25 heavy (non-hydrogen) atoms. The van der Waals surface area contributed by atoms with E-state index in [1.165, 1.54) is 11.6 Å². The van der Waals surface area contributed by atoms with Gasteiger partial charge in [0.15, 0.2) is 6.29 Å². The van der Waals surface area contributed by atoms with Crippen LogP contribution in [0.25, 0.3) is 0 Å². The molecule has 0 saturated carbocycles. The second kappa shape index (κ2) is 7.68. The minimum atomic E-state index is -0.290. The lowest BCUT2D eigenvalue weighted by Gasteiger charge is -2.35. The highest BCUT2D eigenvalue weighted by Crippen LogP contribution is 2.36. The van der Waals surface area contributed by atoms with Crippen LogP contribution in [-0.2, 0) is 13.2 Å². The maximum absolute atomic E-state index is 11.4. The summed E-state index contributed by atoms with van der Waals surface area (Å²) in [5.74, 6) is 0.484. The quantitative estimate of drug-likeness (QED) is 0.728. The van der Waals surface area contributed by atoms with Crippen LogP contribution in [0.15, 0.2) is 36.4 Å². The molecule has 0 aliphatic carbocycles. The molecule has 132 valence electrons. The predicted octanol–water partition coefficient (Wildman–Crippen LogP) is 2.54. The number of nitrogens with zero attached hydrogens (tertiary/aromatic N) is 1. The van der Waals surface area contributed by atoms with Gasteiger partial charge in [0, 0.05) is 30.8 Å². The van der Waals surface area contributed by atoms with Crippen molar-refractivity contribution in [1.29, 1.82) is 0 Å². The van der Waals surface area contributed by atoms with Gasteiger partial charge in [0.1, 0.15) is 5.75 Å². The maximum Gasteiger partial charge on any atom is 0.152 e. The first kappa shape index (κ1) is 17.5. The minimum Gasteiger partial charge on any atom is -0.508 e. The number of benzene rings is 2. The van der Waals surface area contributed by atoms with Crippen molar-refractivity contribution in [1.82, 2.24) is 0 Å². The summed E-state index contributed by atoms with van der Waals surface area (Å²) >= 11 is 0. The van der Waals surface area contributed by atoms with Crippen LogP contribution in [0.1, 0.15) is 45.8 Å². The number of carbonyl (C=O) groups is 1. The topological polar surface area (TPSA) is 86.8 Å². The molecule has 2 aromatic carbocycles. The second-order valence-electron chi connectivity index (χ2n) is 6.49. The van der Waals surface area contributed by atoms with E-state index in [9.17, 15) is 15.0 Å². The molecule has 1 aliphatic heterocycles. The zero-order valence-corrected chi connectivity index (χ0v) is 14.2. The van der Waals surface area contributed by atoms with Crippen molar-refractivity contribution in [3.63, 3.8) is 0 Å². The van der Waals surface area contributed by atoms with Crippen molar-refractivity contribution in [3.8, 4) is 5.75 Å². The molecular formula is C20H24N2O3. The van der Waals surface area contributed by atoms with E-state index in [0.717, 1.165) is 37.8 Å². The van der Waals surface area contributed by atoms with E-state index in [-0.39, 0.29) is 12.4 Å². The summed E-state index contributed by atoms with van der Waals surface area (Å²) in [4.78, 5) is 13.5. The number of aromatic hydroxyl groups is 1. The number of hydrogen-bond donors (Lipinski definition) is 3. The van der Waals surface area contributed by atoms with Crippen LogP contribution in [0, 0.1) is 0 Å². The van der Waals surface area contributed by atoms with E-state index >= 15 is 0 Å². The van der Waals surface area contributed by atoms with Crippen LogP contribution in [-0.4, -0.2) is 29.6 Å². The molecule has 1 fully saturated rings. The molecule has 0 bridgehead atoms. The highest BCUT2D eigenvalue weighted by molar-refractivity contribution is 5.87. The standard InChI is InChI=1S/C20H24N2O3/c21-11-14-2-1-3-16(10-14)15-6-8-22(9-7-15)20-17(12-23)4-5-19(25)18(20)13-24/h1-5,10,12,15,24-25H,6-9,11,13,21H2. The molecule has 0 spiro atoms. The first-order valence-electron chi connectivity index (χ1n) is 8.62. The summed E-state index contributed by atoms with van der Waals surface area (Å²) in [7, 11) is 0. The van der Waals surface area contributed by atoms with Gasteiger partial charge < -0.3 is 20.8 Å². The fourth-order valence-corrected chi connectivity index (χ4v) is 3.68. The van der Waals surface area contributed by atoms with Crippen molar-refractivity contribution in [2.45, 2.75) is 31.9 Å². The van der Waals surface area contributed by atoms with Gasteiger partial charge in [-0.1, -0.05) is 24.3 Å². The molecule has 5 heteroatoms. The van der Waals surface area contributed by atoms with Crippen molar-refractivity contribution in [2.24, 2.45) is 5.73 Å². The fraction of sp³-hybridized carbons (Fsp3) is 0.350. The van der Waals surface area contributed by atoms with E-state index in [1.807, 2.05) is 12.1 Å². The van der Waals surface area contributed by atoms with Crippen LogP contribution in [0.5, 0.6) is 5.75 Å². The number of nitrogens with two attached hydrogens (primary N) is 1. The van der Waals surface area contributed by atoms with Gasteiger partial charge in [0.2, 0.25) is 0 Å². The first-order valence-corrected chi connectivity index (χ1v) is 8.62. The summed E-state index contributed by atoms with van der Waals surface area (Å²) in [6.07, 6.45) is 2.68. The molecule has 0 unspecified atom stereocenters. The summed E-state index contributed by atoms with van der Waals surface area (Å²) < 4.78 is 0. The van der Waals surface area contributed by atoms with Gasteiger partial charge in [-0.3, -0.25) is 4.79 Å². The number of rotatable bonds is 5. The number of aldehydes is 1. The molecular weight excluding hydrogens is 316 g/mol. The molecule has 0 atom stereocenters. The molecule has 1 saturated heterocycles. The zero-order valence-electron chi connectivity index (χ0n) is 14.2. The van der Waals surface area contributed by atoms with E-state index < -0.39 is 0 Å². The lowest BCUT2D eigenvalue weighted by Crippen LogP contribution is -2.34. The Morgan fingerprint density at radius 3 is 2.60 bits per heavy atom.